The van der Waals surface area contributed by atoms with E-state index in [2.05, 4.69) is 25.9 Å². The van der Waals surface area contributed by atoms with Crippen LogP contribution >= 0.6 is 15.9 Å². The number of aliphatic hydroxyl groups excluding tert-OH is 1. The Morgan fingerprint density at radius 1 is 1.25 bits per heavy atom. The van der Waals surface area contributed by atoms with Crippen LogP contribution in [0, 0.1) is 0 Å². The summed E-state index contributed by atoms with van der Waals surface area (Å²) < 4.78 is 3.90. The second-order valence-electron chi connectivity index (χ2n) is 5.75. The minimum atomic E-state index is -0.657. The van der Waals surface area contributed by atoms with Crippen molar-refractivity contribution in [1.82, 2.24) is 19.1 Å². The van der Waals surface area contributed by atoms with Gasteiger partial charge in [-0.1, -0.05) is 15.9 Å². The van der Waals surface area contributed by atoms with Gasteiger partial charge >= 0.3 is 5.69 Å². The van der Waals surface area contributed by atoms with Gasteiger partial charge in [-0.2, -0.15) is 4.98 Å². The molecule has 1 aliphatic heterocycles. The minimum absolute atomic E-state index is 0.250. The van der Waals surface area contributed by atoms with Crippen LogP contribution in [0.5, 0.6) is 0 Å². The van der Waals surface area contributed by atoms with Crippen molar-refractivity contribution in [1.29, 1.82) is 0 Å². The van der Waals surface area contributed by atoms with Gasteiger partial charge in [0.05, 0.1) is 19.2 Å². The third kappa shape index (κ3) is 2.20. The van der Waals surface area contributed by atoms with Crippen LogP contribution in [0.3, 0.4) is 0 Å². The summed E-state index contributed by atoms with van der Waals surface area (Å²) in [7, 11) is 1.56. The van der Waals surface area contributed by atoms with Crippen LogP contribution < -0.4 is 16.1 Å². The minimum Gasteiger partial charge on any atom is -0.389 e. The average Bonchev–Trinajstić information content (AvgIpc) is 2.92. The number of nitrogens with one attached hydrogen (secondary N) is 1. The lowest BCUT2D eigenvalue weighted by Crippen LogP contribution is -2.39. The van der Waals surface area contributed by atoms with E-state index in [1.807, 2.05) is 29.2 Å². The highest BCUT2D eigenvalue weighted by Crippen LogP contribution is 2.31. The first-order valence-electron chi connectivity index (χ1n) is 7.36. The maximum absolute atomic E-state index is 12.2. The Kier molecular flexibility index (Phi) is 3.36. The first-order valence-corrected chi connectivity index (χ1v) is 8.15. The SMILES string of the molecule is Cn1c(=O)[nH]c(=O)c2c1nc1n2C[C@@H](O)CN1c1ccc(Br)cc1. The van der Waals surface area contributed by atoms with Gasteiger partial charge in [-0.05, 0) is 24.3 Å². The van der Waals surface area contributed by atoms with Crippen molar-refractivity contribution in [3.63, 3.8) is 0 Å². The molecule has 0 fully saturated rings. The standard InChI is InChI=1S/C15H14BrN5O3/c1-19-12-11(13(23)18-15(19)24)21-7-10(22)6-20(14(21)17-12)9-4-2-8(16)3-5-9/h2-5,10,22H,6-7H2,1H3,(H,18,23,24)/t10-/m0/s1. The molecule has 0 amide bonds. The number of hydrogen-bond acceptors (Lipinski definition) is 5. The van der Waals surface area contributed by atoms with Crippen molar-refractivity contribution in [2.45, 2.75) is 12.6 Å². The number of aromatic nitrogens is 4. The van der Waals surface area contributed by atoms with Gasteiger partial charge in [0.25, 0.3) is 5.56 Å². The van der Waals surface area contributed by atoms with Crippen LogP contribution in [0.25, 0.3) is 11.2 Å². The fraction of sp³-hybridized carbons (Fsp3) is 0.267. The van der Waals surface area contributed by atoms with Crippen molar-refractivity contribution in [3.8, 4) is 0 Å². The average molecular weight is 392 g/mol. The molecule has 0 saturated carbocycles. The monoisotopic (exact) mass is 391 g/mol. The smallest absolute Gasteiger partial charge is 0.329 e. The molecule has 2 N–H and O–H groups in total. The van der Waals surface area contributed by atoms with Crippen molar-refractivity contribution >= 4 is 38.7 Å². The molecular formula is C15H14BrN5O3. The van der Waals surface area contributed by atoms with Crippen molar-refractivity contribution in [2.75, 3.05) is 11.4 Å². The molecule has 1 aliphatic rings. The van der Waals surface area contributed by atoms with Crippen molar-refractivity contribution in [3.05, 3.63) is 49.6 Å². The lowest BCUT2D eigenvalue weighted by Gasteiger charge is -2.32. The summed E-state index contributed by atoms with van der Waals surface area (Å²) in [6.07, 6.45) is -0.657. The molecular weight excluding hydrogens is 378 g/mol. The Bertz CT molecular complexity index is 1050. The summed E-state index contributed by atoms with van der Waals surface area (Å²) in [5.74, 6) is 0.532. The zero-order chi connectivity index (χ0) is 17.0. The van der Waals surface area contributed by atoms with Crippen LogP contribution in [0.4, 0.5) is 11.6 Å². The number of halogens is 1. The molecule has 4 rings (SSSR count). The molecule has 24 heavy (non-hydrogen) atoms. The van der Waals surface area contributed by atoms with E-state index in [0.29, 0.717) is 18.1 Å². The number of H-pyrrole nitrogens is 1. The summed E-state index contributed by atoms with van der Waals surface area (Å²) in [6, 6.07) is 7.59. The first-order chi connectivity index (χ1) is 11.5. The molecule has 0 radical (unpaired) electrons. The zero-order valence-electron chi connectivity index (χ0n) is 12.7. The fourth-order valence-corrected chi connectivity index (χ4v) is 3.27. The van der Waals surface area contributed by atoms with E-state index >= 15 is 0 Å². The highest BCUT2D eigenvalue weighted by molar-refractivity contribution is 9.10. The molecule has 3 heterocycles. The summed E-state index contributed by atoms with van der Waals surface area (Å²) in [5.41, 5.74) is 0.410. The Balaban J connectivity index is 2.00. The normalized spacial score (nSPS) is 17.3. The van der Waals surface area contributed by atoms with Gasteiger partial charge in [0, 0.05) is 17.2 Å². The quantitative estimate of drug-likeness (QED) is 0.636. The van der Waals surface area contributed by atoms with Gasteiger partial charge < -0.3 is 14.6 Å². The topological polar surface area (TPSA) is 96.2 Å². The summed E-state index contributed by atoms with van der Waals surface area (Å²) in [6.45, 7) is 0.608. The number of nitrogens with zero attached hydrogens (tertiary/aromatic N) is 4. The lowest BCUT2D eigenvalue weighted by atomic mass is 10.2. The third-order valence-electron chi connectivity index (χ3n) is 4.15. The van der Waals surface area contributed by atoms with Crippen molar-refractivity contribution < 1.29 is 5.11 Å². The Morgan fingerprint density at radius 3 is 2.67 bits per heavy atom. The third-order valence-corrected chi connectivity index (χ3v) is 4.68. The number of aliphatic hydroxyl groups is 1. The molecule has 3 aromatic rings. The van der Waals surface area contributed by atoms with E-state index in [1.54, 1.807) is 11.6 Å². The lowest BCUT2D eigenvalue weighted by molar-refractivity contribution is 0.154. The van der Waals surface area contributed by atoms with E-state index in [0.717, 1.165) is 10.2 Å². The first kappa shape index (κ1) is 15.2. The Labute approximate surface area is 144 Å². The number of fused-ring (bicyclic) bond motifs is 3. The highest BCUT2D eigenvalue weighted by atomic mass is 79.9. The van der Waals surface area contributed by atoms with Gasteiger partial charge in [-0.15, -0.1) is 0 Å². The molecule has 0 unspecified atom stereocenters. The maximum atomic E-state index is 12.2. The molecule has 0 saturated heterocycles. The van der Waals surface area contributed by atoms with E-state index in [9.17, 15) is 14.7 Å². The number of imidazole rings is 1. The number of hydrogen-bond donors (Lipinski definition) is 2. The number of β-amino-alcohol motifs (C(OH)–C–C–N with tert-alkyl or cyclic N) is 1. The molecule has 8 nitrogen and oxygen atoms in total. The van der Waals surface area contributed by atoms with Gasteiger partial charge in [0.15, 0.2) is 11.2 Å². The van der Waals surface area contributed by atoms with Crippen LogP contribution in [-0.4, -0.2) is 36.9 Å². The molecule has 2 aromatic heterocycles. The zero-order valence-corrected chi connectivity index (χ0v) is 14.3. The van der Waals surface area contributed by atoms with E-state index < -0.39 is 17.4 Å². The predicted octanol–water partition coefficient (Wildman–Crippen LogP) is 0.698. The van der Waals surface area contributed by atoms with Crippen molar-refractivity contribution in [2.24, 2.45) is 7.05 Å². The Morgan fingerprint density at radius 2 is 1.96 bits per heavy atom. The molecule has 1 aromatic carbocycles. The van der Waals surface area contributed by atoms with Crippen LogP contribution in [0.2, 0.25) is 0 Å². The van der Waals surface area contributed by atoms with Gasteiger partial charge in [-0.3, -0.25) is 14.3 Å². The van der Waals surface area contributed by atoms with Gasteiger partial charge in [0.2, 0.25) is 5.95 Å². The molecule has 1 atom stereocenters. The number of benzene rings is 1. The van der Waals surface area contributed by atoms with Gasteiger partial charge in [-0.25, -0.2) is 4.79 Å². The summed E-state index contributed by atoms with van der Waals surface area (Å²) in [4.78, 5) is 32.7. The van der Waals surface area contributed by atoms with Gasteiger partial charge in [0.1, 0.15) is 0 Å². The second kappa shape index (κ2) is 5.32. The van der Waals surface area contributed by atoms with E-state index in [4.69, 9.17) is 0 Å². The molecule has 0 bridgehead atoms. The van der Waals surface area contributed by atoms with Crippen LogP contribution in [0.1, 0.15) is 0 Å². The Hall–Kier alpha value is -2.39. The largest absolute Gasteiger partial charge is 0.389 e. The van der Waals surface area contributed by atoms with Crippen LogP contribution in [0.15, 0.2) is 38.3 Å². The number of anilines is 2. The second-order valence-corrected chi connectivity index (χ2v) is 6.67. The molecule has 0 aliphatic carbocycles. The summed E-state index contributed by atoms with van der Waals surface area (Å²) >= 11 is 3.40. The number of aryl methyl sites for hydroxylation is 1. The highest BCUT2D eigenvalue weighted by Gasteiger charge is 2.29. The fourth-order valence-electron chi connectivity index (χ4n) is 3.00. The van der Waals surface area contributed by atoms with Crippen LogP contribution in [-0.2, 0) is 13.6 Å². The summed E-state index contributed by atoms with van der Waals surface area (Å²) in [5, 5.41) is 10.3. The molecule has 124 valence electrons. The number of rotatable bonds is 1. The van der Waals surface area contributed by atoms with E-state index in [1.165, 1.54) is 4.57 Å². The number of aromatic amines is 1. The molecule has 0 spiro atoms. The van der Waals surface area contributed by atoms with E-state index in [-0.39, 0.29) is 12.1 Å². The molecule has 9 heteroatoms. The maximum Gasteiger partial charge on any atom is 0.329 e. The predicted molar refractivity (Wildman–Crippen MR) is 92.7 cm³/mol.